The minimum Gasteiger partial charge on any atom is -0.393 e. The number of nitrogens with zero attached hydrogens (tertiary/aromatic N) is 1. The number of likely N-dealkylation sites (tertiary alicyclic amines) is 1. The Morgan fingerprint density at radius 2 is 1.89 bits per heavy atom. The molecule has 1 fully saturated rings. The van der Waals surface area contributed by atoms with Gasteiger partial charge in [0.2, 0.25) is 0 Å². The Morgan fingerprint density at radius 1 is 1.28 bits per heavy atom. The Morgan fingerprint density at radius 3 is 2.50 bits per heavy atom. The smallest absolute Gasteiger partial charge is 0.123 e. The van der Waals surface area contributed by atoms with Gasteiger partial charge in [0.25, 0.3) is 0 Å². The van der Waals surface area contributed by atoms with Gasteiger partial charge in [-0.15, -0.1) is 0 Å². The highest BCUT2D eigenvalue weighted by Crippen LogP contribution is 2.17. The number of rotatable bonds is 4. The Hall–Kier alpha value is -0.970. The van der Waals surface area contributed by atoms with Crippen LogP contribution in [0.5, 0.6) is 0 Å². The normalized spacial score (nSPS) is 19.9. The van der Waals surface area contributed by atoms with E-state index < -0.39 is 0 Å². The van der Waals surface area contributed by atoms with Crippen molar-refractivity contribution in [2.45, 2.75) is 31.4 Å². The summed E-state index contributed by atoms with van der Waals surface area (Å²) < 4.78 is 12.8. The van der Waals surface area contributed by atoms with Gasteiger partial charge in [0.15, 0.2) is 0 Å². The van der Waals surface area contributed by atoms with Gasteiger partial charge in [0.05, 0.1) is 6.10 Å². The second-order valence-corrected chi connectivity index (χ2v) is 5.02. The van der Waals surface area contributed by atoms with Gasteiger partial charge in [-0.05, 0) is 43.5 Å². The molecule has 1 aliphatic heterocycles. The molecule has 1 aromatic rings. The molecule has 0 spiro atoms. The molecule has 1 aliphatic rings. The van der Waals surface area contributed by atoms with E-state index in [0.717, 1.165) is 44.5 Å². The fraction of sp³-hybridized carbons (Fsp3) is 0.571. The average molecular weight is 252 g/mol. The molecular formula is C14H21FN2O. The number of hydrogen-bond acceptors (Lipinski definition) is 3. The second kappa shape index (κ2) is 6.27. The van der Waals surface area contributed by atoms with Gasteiger partial charge in [-0.2, -0.15) is 0 Å². The lowest BCUT2D eigenvalue weighted by atomic mass is 10.0. The molecule has 3 N–H and O–H groups in total. The molecule has 1 aromatic carbocycles. The largest absolute Gasteiger partial charge is 0.393 e. The summed E-state index contributed by atoms with van der Waals surface area (Å²) >= 11 is 0. The van der Waals surface area contributed by atoms with Crippen molar-refractivity contribution >= 4 is 0 Å². The molecule has 0 amide bonds. The predicted molar refractivity (Wildman–Crippen MR) is 69.6 cm³/mol. The first-order valence-corrected chi connectivity index (χ1v) is 6.56. The highest BCUT2D eigenvalue weighted by atomic mass is 19.1. The molecule has 0 bridgehead atoms. The standard InChI is InChI=1S/C14H21FN2O/c15-12-3-1-11(2-4-12)14(16)7-10-17-8-5-13(18)6-9-17/h1-4,13-14,18H,5-10,16H2. The summed E-state index contributed by atoms with van der Waals surface area (Å²) in [5.41, 5.74) is 7.07. The van der Waals surface area contributed by atoms with E-state index in [1.165, 1.54) is 12.1 Å². The van der Waals surface area contributed by atoms with Gasteiger partial charge in [-0.3, -0.25) is 0 Å². The van der Waals surface area contributed by atoms with Gasteiger partial charge in [0, 0.05) is 19.1 Å². The van der Waals surface area contributed by atoms with Crippen LogP contribution in [0.3, 0.4) is 0 Å². The molecule has 1 heterocycles. The number of nitrogens with two attached hydrogens (primary N) is 1. The van der Waals surface area contributed by atoms with E-state index in [1.807, 2.05) is 0 Å². The lowest BCUT2D eigenvalue weighted by molar-refractivity contribution is 0.0812. The first-order valence-electron chi connectivity index (χ1n) is 6.56. The van der Waals surface area contributed by atoms with Crippen LogP contribution in [0.2, 0.25) is 0 Å². The quantitative estimate of drug-likeness (QED) is 0.857. The molecule has 2 rings (SSSR count). The maximum atomic E-state index is 12.8. The summed E-state index contributed by atoms with van der Waals surface area (Å²) in [4.78, 5) is 2.33. The van der Waals surface area contributed by atoms with E-state index in [4.69, 9.17) is 5.73 Å². The third-order valence-corrected chi connectivity index (χ3v) is 3.61. The molecule has 0 saturated carbocycles. The Bertz CT molecular complexity index is 361. The zero-order valence-electron chi connectivity index (χ0n) is 10.6. The molecule has 0 aliphatic carbocycles. The highest BCUT2D eigenvalue weighted by Gasteiger charge is 2.17. The van der Waals surface area contributed by atoms with Crippen molar-refractivity contribution in [1.29, 1.82) is 0 Å². The summed E-state index contributed by atoms with van der Waals surface area (Å²) in [6, 6.07) is 6.36. The molecule has 0 aromatic heterocycles. The van der Waals surface area contributed by atoms with Crippen LogP contribution in [0.4, 0.5) is 4.39 Å². The minimum absolute atomic E-state index is 0.0440. The van der Waals surface area contributed by atoms with Crippen molar-refractivity contribution in [3.05, 3.63) is 35.6 Å². The van der Waals surface area contributed by atoms with Gasteiger partial charge in [-0.1, -0.05) is 12.1 Å². The molecule has 1 atom stereocenters. The highest BCUT2D eigenvalue weighted by molar-refractivity contribution is 5.19. The van der Waals surface area contributed by atoms with Crippen LogP contribution < -0.4 is 5.73 Å². The van der Waals surface area contributed by atoms with Crippen molar-refractivity contribution in [3.63, 3.8) is 0 Å². The monoisotopic (exact) mass is 252 g/mol. The van der Waals surface area contributed by atoms with Crippen LogP contribution >= 0.6 is 0 Å². The fourth-order valence-electron chi connectivity index (χ4n) is 2.34. The van der Waals surface area contributed by atoms with E-state index in [9.17, 15) is 9.50 Å². The van der Waals surface area contributed by atoms with Crippen LogP contribution in [0.25, 0.3) is 0 Å². The van der Waals surface area contributed by atoms with Crippen molar-refractivity contribution in [3.8, 4) is 0 Å². The van der Waals surface area contributed by atoms with Gasteiger partial charge in [0.1, 0.15) is 5.82 Å². The van der Waals surface area contributed by atoms with Crippen LogP contribution in [0.1, 0.15) is 30.9 Å². The van der Waals surface area contributed by atoms with Crippen molar-refractivity contribution in [2.75, 3.05) is 19.6 Å². The third kappa shape index (κ3) is 3.77. The molecule has 100 valence electrons. The first-order chi connectivity index (χ1) is 8.65. The number of benzene rings is 1. The molecule has 3 nitrogen and oxygen atoms in total. The van der Waals surface area contributed by atoms with Gasteiger partial charge < -0.3 is 15.7 Å². The Balaban J connectivity index is 1.77. The summed E-state index contributed by atoms with van der Waals surface area (Å²) in [7, 11) is 0. The van der Waals surface area contributed by atoms with Gasteiger partial charge >= 0.3 is 0 Å². The van der Waals surface area contributed by atoms with Crippen LogP contribution in [0.15, 0.2) is 24.3 Å². The Labute approximate surface area is 107 Å². The number of aliphatic hydroxyl groups excluding tert-OH is 1. The average Bonchev–Trinajstić information content (AvgIpc) is 2.38. The summed E-state index contributed by atoms with van der Waals surface area (Å²) in [6.45, 7) is 2.82. The fourth-order valence-corrected chi connectivity index (χ4v) is 2.34. The summed E-state index contributed by atoms with van der Waals surface area (Å²) in [6.07, 6.45) is 2.44. The molecule has 0 radical (unpaired) electrons. The molecule has 4 heteroatoms. The SMILES string of the molecule is NC(CCN1CCC(O)CC1)c1ccc(F)cc1. The zero-order valence-corrected chi connectivity index (χ0v) is 10.6. The number of hydrogen-bond donors (Lipinski definition) is 2. The van der Waals surface area contributed by atoms with E-state index in [2.05, 4.69) is 4.90 Å². The first kappa shape index (κ1) is 13.5. The molecular weight excluding hydrogens is 231 g/mol. The number of aliphatic hydroxyl groups is 1. The van der Waals surface area contributed by atoms with E-state index in [0.29, 0.717) is 0 Å². The van der Waals surface area contributed by atoms with E-state index >= 15 is 0 Å². The van der Waals surface area contributed by atoms with Crippen LogP contribution in [0, 0.1) is 5.82 Å². The molecule has 1 unspecified atom stereocenters. The van der Waals surface area contributed by atoms with E-state index in [-0.39, 0.29) is 18.0 Å². The second-order valence-electron chi connectivity index (χ2n) is 5.02. The lowest BCUT2D eigenvalue weighted by Crippen LogP contribution is -2.37. The number of halogens is 1. The van der Waals surface area contributed by atoms with E-state index in [1.54, 1.807) is 12.1 Å². The molecule has 18 heavy (non-hydrogen) atoms. The maximum absolute atomic E-state index is 12.8. The number of piperidine rings is 1. The van der Waals surface area contributed by atoms with Crippen molar-refractivity contribution in [2.24, 2.45) is 5.73 Å². The molecule has 1 saturated heterocycles. The van der Waals surface area contributed by atoms with Crippen LogP contribution in [-0.2, 0) is 0 Å². The Kier molecular flexibility index (Phi) is 4.69. The van der Waals surface area contributed by atoms with Crippen molar-refractivity contribution in [1.82, 2.24) is 4.90 Å². The maximum Gasteiger partial charge on any atom is 0.123 e. The van der Waals surface area contributed by atoms with Crippen LogP contribution in [-0.4, -0.2) is 35.7 Å². The minimum atomic E-state index is -0.226. The topological polar surface area (TPSA) is 49.5 Å². The lowest BCUT2D eigenvalue weighted by Gasteiger charge is -2.30. The summed E-state index contributed by atoms with van der Waals surface area (Å²) in [5.74, 6) is -0.226. The predicted octanol–water partition coefficient (Wildman–Crippen LogP) is 1.67. The zero-order chi connectivity index (χ0) is 13.0. The van der Waals surface area contributed by atoms with Gasteiger partial charge in [-0.25, -0.2) is 4.39 Å². The summed E-state index contributed by atoms with van der Waals surface area (Å²) in [5, 5.41) is 9.42. The van der Waals surface area contributed by atoms with Crippen molar-refractivity contribution < 1.29 is 9.50 Å². The third-order valence-electron chi connectivity index (χ3n) is 3.61.